The van der Waals surface area contributed by atoms with Crippen LogP contribution in [-0.4, -0.2) is 134 Å². The summed E-state index contributed by atoms with van der Waals surface area (Å²) in [5, 5.41) is 6.23. The Bertz CT molecular complexity index is 2820. The number of piperidine rings is 5. The number of hydrogen-bond donors (Lipinski definition) is 2. The van der Waals surface area contributed by atoms with Crippen molar-refractivity contribution in [1.29, 1.82) is 0 Å². The number of likely N-dealkylation sites (tertiary alicyclic amines) is 3. The van der Waals surface area contributed by atoms with Gasteiger partial charge in [0, 0.05) is 98.6 Å². The predicted molar refractivity (Wildman–Crippen MR) is 285 cm³/mol. The smallest absolute Gasteiger partial charge is 0.238 e. The fourth-order valence-electron chi connectivity index (χ4n) is 14.2. The van der Waals surface area contributed by atoms with Gasteiger partial charge in [-0.25, -0.2) is 15.0 Å². The number of nitrogens with zero attached hydrogens (tertiary/aromatic N) is 9. The van der Waals surface area contributed by atoms with Crippen molar-refractivity contribution >= 4 is 57.9 Å². The summed E-state index contributed by atoms with van der Waals surface area (Å²) in [5.41, 5.74) is 5.44. The molecule has 2 N–H and O–H groups in total. The maximum absolute atomic E-state index is 15.3. The largest absolute Gasteiger partial charge is 0.366 e. The minimum atomic E-state index is -0.691. The lowest BCUT2D eigenvalue weighted by molar-refractivity contribution is -0.150. The molecule has 4 aromatic rings. The van der Waals surface area contributed by atoms with E-state index >= 15 is 4.79 Å². The van der Waals surface area contributed by atoms with E-state index in [1.54, 1.807) is 6.20 Å². The van der Waals surface area contributed by atoms with E-state index in [1.165, 1.54) is 19.3 Å². The molecule has 2 aliphatic carbocycles. The highest BCUT2D eigenvalue weighted by atomic mass is 16.2. The molecule has 16 heteroatoms. The number of imidazole rings is 1. The van der Waals surface area contributed by atoms with Gasteiger partial charge in [-0.15, -0.1) is 0 Å². The first-order valence-corrected chi connectivity index (χ1v) is 28.2. The SMILES string of the molecule is CC(C)n1cnc2cc(-c3ccc4c(c3)N([C@H]3C[C@@H](N5CCCCC5)C3)C(=O)C43CCN(C(=O)C4(C)CCN(C(=O)C5CCN(c6ccc(C7CCC(=O)NC7=O)cn6)CC5)CC4)CC3)nc(N[C@H]3C[C@H](C)C3)c21. The lowest BCUT2D eigenvalue weighted by atomic mass is 9.72. The monoisotopic (exact) mass is 1010 g/mol. The molecular formula is C58H75N11O5. The molecule has 16 nitrogen and oxygen atoms in total. The number of fused-ring (bicyclic) bond motifs is 3. The fourth-order valence-corrected chi connectivity index (χ4v) is 14.2. The second kappa shape index (κ2) is 19.3. The van der Waals surface area contributed by atoms with E-state index in [4.69, 9.17) is 9.97 Å². The number of amides is 5. The normalized spacial score (nSPS) is 27.3. The highest BCUT2D eigenvalue weighted by molar-refractivity contribution is 6.09. The first kappa shape index (κ1) is 49.0. The molecule has 0 bridgehead atoms. The van der Waals surface area contributed by atoms with E-state index in [0.717, 1.165) is 102 Å². The lowest BCUT2D eigenvalue weighted by Gasteiger charge is -2.48. The summed E-state index contributed by atoms with van der Waals surface area (Å²) in [6.07, 6.45) is 16.4. The number of carbonyl (C=O) groups is 5. The molecule has 0 radical (unpaired) electrons. The molecule has 12 rings (SSSR count). The van der Waals surface area contributed by atoms with E-state index in [0.29, 0.717) is 95.8 Å². The number of nitrogens with one attached hydrogen (secondary N) is 2. The lowest BCUT2D eigenvalue weighted by Crippen LogP contribution is -2.59. The Morgan fingerprint density at radius 1 is 0.797 bits per heavy atom. The summed E-state index contributed by atoms with van der Waals surface area (Å²) < 4.78 is 2.21. The van der Waals surface area contributed by atoms with E-state index in [9.17, 15) is 19.2 Å². The summed E-state index contributed by atoms with van der Waals surface area (Å²) in [6.45, 7) is 14.6. The number of imide groups is 1. The summed E-state index contributed by atoms with van der Waals surface area (Å²) in [6, 6.07) is 13.9. The molecule has 392 valence electrons. The van der Waals surface area contributed by atoms with Gasteiger partial charge in [0.05, 0.1) is 28.9 Å². The fraction of sp³-hybridized carbons (Fsp3) is 0.621. The standard InChI is InChI=1S/C58H75N11O5/c1-36(2)68-35-60-47-33-46(62-52(51(47)68)61-41-28-37(3)29-41)39-8-11-45-48(30-39)69(43-31-42(32-43)64-20-6-5-7-21-64)56(74)58(45)18-26-67(27-19-58)55(73)57(4)16-24-66(25-17-57)54(72)38-14-22-65(23-15-38)49-12-9-40(34-59-49)44-10-13-50(70)63-53(44)71/h8-9,11-12,30,33-38,41-44H,5-7,10,13-29,31-32H2,1-4H3,(H,61,62)(H,63,70,71)/t37-,41-,42-,43+,44?. The minimum absolute atomic E-state index is 0.0738. The molecule has 1 atom stereocenters. The van der Waals surface area contributed by atoms with E-state index in [-0.39, 0.29) is 53.5 Å². The Morgan fingerprint density at radius 3 is 2.20 bits per heavy atom. The molecule has 7 fully saturated rings. The van der Waals surface area contributed by atoms with Crippen molar-refractivity contribution in [3.05, 3.63) is 60.0 Å². The van der Waals surface area contributed by atoms with Crippen LogP contribution in [0, 0.1) is 17.3 Å². The number of carbonyl (C=O) groups excluding carboxylic acids is 5. The van der Waals surface area contributed by atoms with E-state index in [2.05, 4.69) is 86.8 Å². The van der Waals surface area contributed by atoms with Gasteiger partial charge in [-0.05, 0) is 146 Å². The molecule has 9 heterocycles. The van der Waals surface area contributed by atoms with Crippen LogP contribution in [0.25, 0.3) is 22.3 Å². The molecule has 5 amide bonds. The van der Waals surface area contributed by atoms with Crippen molar-refractivity contribution in [3.63, 3.8) is 0 Å². The van der Waals surface area contributed by atoms with Crippen molar-refractivity contribution in [2.45, 2.75) is 160 Å². The molecule has 3 aromatic heterocycles. The van der Waals surface area contributed by atoms with E-state index in [1.807, 2.05) is 28.3 Å². The molecule has 2 saturated carbocycles. The van der Waals surface area contributed by atoms with Gasteiger partial charge in [-0.2, -0.15) is 0 Å². The van der Waals surface area contributed by atoms with Crippen LogP contribution in [-0.2, 0) is 29.4 Å². The Hall–Kier alpha value is -5.90. The predicted octanol–water partition coefficient (Wildman–Crippen LogP) is 7.57. The topological polar surface area (TPSA) is 169 Å². The van der Waals surface area contributed by atoms with Gasteiger partial charge < -0.3 is 34.4 Å². The molecule has 5 saturated heterocycles. The quantitative estimate of drug-likeness (QED) is 0.150. The first-order chi connectivity index (χ1) is 35.7. The van der Waals surface area contributed by atoms with Crippen LogP contribution < -0.4 is 20.4 Å². The van der Waals surface area contributed by atoms with Crippen LogP contribution in [0.5, 0.6) is 0 Å². The van der Waals surface area contributed by atoms with Crippen LogP contribution in [0.1, 0.15) is 147 Å². The summed E-state index contributed by atoms with van der Waals surface area (Å²) in [7, 11) is 0. The zero-order valence-electron chi connectivity index (χ0n) is 44.0. The van der Waals surface area contributed by atoms with Crippen LogP contribution in [0.3, 0.4) is 0 Å². The molecule has 74 heavy (non-hydrogen) atoms. The summed E-state index contributed by atoms with van der Waals surface area (Å²) in [5.74, 6) is 1.99. The molecule has 1 spiro atoms. The summed E-state index contributed by atoms with van der Waals surface area (Å²) in [4.78, 5) is 93.9. The van der Waals surface area contributed by atoms with Crippen molar-refractivity contribution in [1.82, 2.24) is 39.5 Å². The Labute approximate surface area is 435 Å². The zero-order chi connectivity index (χ0) is 51.0. The van der Waals surface area contributed by atoms with Gasteiger partial charge in [0.15, 0.2) is 5.82 Å². The number of pyridine rings is 2. The van der Waals surface area contributed by atoms with Gasteiger partial charge >= 0.3 is 0 Å². The van der Waals surface area contributed by atoms with Crippen LogP contribution >= 0.6 is 0 Å². The number of rotatable bonds is 10. The van der Waals surface area contributed by atoms with Gasteiger partial charge in [-0.3, -0.25) is 29.3 Å². The Morgan fingerprint density at radius 2 is 1.53 bits per heavy atom. The molecular weight excluding hydrogens is 931 g/mol. The third kappa shape index (κ3) is 8.73. The average molecular weight is 1010 g/mol. The van der Waals surface area contributed by atoms with Crippen LogP contribution in [0.2, 0.25) is 0 Å². The van der Waals surface area contributed by atoms with Crippen LogP contribution in [0.15, 0.2) is 48.9 Å². The first-order valence-electron chi connectivity index (χ1n) is 28.2. The van der Waals surface area contributed by atoms with Crippen molar-refractivity contribution in [3.8, 4) is 11.3 Å². The third-order valence-electron chi connectivity index (χ3n) is 19.1. The second-order valence-corrected chi connectivity index (χ2v) is 24.1. The van der Waals surface area contributed by atoms with Crippen molar-refractivity contribution in [2.75, 3.05) is 67.5 Å². The average Bonchev–Trinajstić information content (AvgIpc) is 3.94. The number of hydrogen-bond acceptors (Lipinski definition) is 11. The molecule has 1 aromatic carbocycles. The van der Waals surface area contributed by atoms with Gasteiger partial charge in [-0.1, -0.05) is 38.5 Å². The van der Waals surface area contributed by atoms with Crippen molar-refractivity contribution < 1.29 is 24.0 Å². The summed E-state index contributed by atoms with van der Waals surface area (Å²) >= 11 is 0. The number of anilines is 3. The number of benzene rings is 1. The molecule has 8 aliphatic rings. The Kier molecular flexibility index (Phi) is 12.8. The highest BCUT2D eigenvalue weighted by Crippen LogP contribution is 2.53. The number of aromatic nitrogens is 4. The molecule has 1 unspecified atom stereocenters. The van der Waals surface area contributed by atoms with Gasteiger partial charge in [0.2, 0.25) is 29.5 Å². The zero-order valence-corrected chi connectivity index (χ0v) is 44.0. The van der Waals surface area contributed by atoms with Crippen LogP contribution in [0.4, 0.5) is 17.3 Å². The maximum Gasteiger partial charge on any atom is 0.238 e. The Balaban J connectivity index is 0.710. The van der Waals surface area contributed by atoms with Crippen molar-refractivity contribution in [2.24, 2.45) is 17.3 Å². The maximum atomic E-state index is 15.3. The minimum Gasteiger partial charge on any atom is -0.366 e. The van der Waals surface area contributed by atoms with Gasteiger partial charge in [0.1, 0.15) is 11.3 Å². The van der Waals surface area contributed by atoms with Gasteiger partial charge in [0.25, 0.3) is 0 Å². The second-order valence-electron chi connectivity index (χ2n) is 24.1. The van der Waals surface area contributed by atoms with E-state index < -0.39 is 10.8 Å². The molecule has 6 aliphatic heterocycles. The third-order valence-corrected chi connectivity index (χ3v) is 19.1. The highest BCUT2D eigenvalue weighted by Gasteiger charge is 2.57.